The van der Waals surface area contributed by atoms with Crippen LogP contribution in [0.25, 0.3) is 10.7 Å². The first-order valence-corrected chi connectivity index (χ1v) is 6.75. The van der Waals surface area contributed by atoms with Gasteiger partial charge in [0.05, 0.1) is 11.4 Å². The molecule has 1 fully saturated rings. The quantitative estimate of drug-likeness (QED) is 0.904. The SMILES string of the molecule is CC(N)c1sc(-c2ccccn2)nc1C1CC1. The van der Waals surface area contributed by atoms with Crippen LogP contribution in [0.1, 0.15) is 42.3 Å². The second-order valence-corrected chi connectivity index (χ2v) is 5.58. The molecular formula is C13H15N3S. The number of aromatic nitrogens is 2. The summed E-state index contributed by atoms with van der Waals surface area (Å²) in [4.78, 5) is 10.3. The lowest BCUT2D eigenvalue weighted by molar-refractivity contribution is 0.811. The van der Waals surface area contributed by atoms with Crippen LogP contribution >= 0.6 is 11.3 Å². The minimum Gasteiger partial charge on any atom is -0.323 e. The van der Waals surface area contributed by atoms with Crippen LogP contribution in [0.15, 0.2) is 24.4 Å². The zero-order valence-corrected chi connectivity index (χ0v) is 10.6. The Labute approximate surface area is 105 Å². The van der Waals surface area contributed by atoms with Gasteiger partial charge in [0, 0.05) is 23.0 Å². The summed E-state index contributed by atoms with van der Waals surface area (Å²) in [5.74, 6) is 0.643. The van der Waals surface area contributed by atoms with E-state index in [2.05, 4.69) is 4.98 Å². The zero-order valence-electron chi connectivity index (χ0n) is 9.76. The van der Waals surface area contributed by atoms with Crippen molar-refractivity contribution in [3.05, 3.63) is 35.0 Å². The average molecular weight is 245 g/mol. The fraction of sp³-hybridized carbons (Fsp3) is 0.385. The van der Waals surface area contributed by atoms with Gasteiger partial charge < -0.3 is 5.73 Å². The first-order valence-electron chi connectivity index (χ1n) is 5.93. The van der Waals surface area contributed by atoms with Crippen LogP contribution in [0.4, 0.5) is 0 Å². The average Bonchev–Trinajstić information content (AvgIpc) is 3.09. The van der Waals surface area contributed by atoms with E-state index in [1.54, 1.807) is 17.5 Å². The molecule has 2 N–H and O–H groups in total. The van der Waals surface area contributed by atoms with Crippen LogP contribution < -0.4 is 5.73 Å². The molecule has 1 saturated carbocycles. The van der Waals surface area contributed by atoms with Crippen LogP contribution in [-0.4, -0.2) is 9.97 Å². The van der Waals surface area contributed by atoms with Crippen molar-refractivity contribution in [2.45, 2.75) is 31.7 Å². The Balaban J connectivity index is 2.04. The number of thiazole rings is 1. The Morgan fingerprint density at radius 1 is 1.41 bits per heavy atom. The number of hydrogen-bond donors (Lipinski definition) is 1. The molecule has 88 valence electrons. The Kier molecular flexibility index (Phi) is 2.68. The van der Waals surface area contributed by atoms with E-state index in [4.69, 9.17) is 10.7 Å². The Morgan fingerprint density at radius 3 is 2.82 bits per heavy atom. The number of nitrogens with two attached hydrogens (primary N) is 1. The van der Waals surface area contributed by atoms with Crippen LogP contribution in [0.3, 0.4) is 0 Å². The summed E-state index contributed by atoms with van der Waals surface area (Å²) in [6.45, 7) is 2.03. The molecule has 2 aromatic heterocycles. The predicted octanol–water partition coefficient (Wildman–Crippen LogP) is 3.10. The molecule has 0 spiro atoms. The normalized spacial score (nSPS) is 17.1. The van der Waals surface area contributed by atoms with Gasteiger partial charge >= 0.3 is 0 Å². The third-order valence-electron chi connectivity index (χ3n) is 2.94. The van der Waals surface area contributed by atoms with Crippen LogP contribution in [0.2, 0.25) is 0 Å². The van der Waals surface area contributed by atoms with E-state index in [1.807, 2.05) is 25.1 Å². The van der Waals surface area contributed by atoms with E-state index >= 15 is 0 Å². The smallest absolute Gasteiger partial charge is 0.142 e. The molecule has 0 amide bonds. The van der Waals surface area contributed by atoms with Crippen molar-refractivity contribution in [1.29, 1.82) is 0 Å². The van der Waals surface area contributed by atoms with Gasteiger partial charge in [0.1, 0.15) is 5.01 Å². The molecule has 3 rings (SSSR count). The summed E-state index contributed by atoms with van der Waals surface area (Å²) >= 11 is 1.69. The fourth-order valence-corrected chi connectivity index (χ4v) is 3.00. The van der Waals surface area contributed by atoms with Crippen LogP contribution in [0, 0.1) is 0 Å². The Bertz CT molecular complexity index is 495. The molecule has 0 saturated heterocycles. The van der Waals surface area contributed by atoms with Crippen molar-refractivity contribution in [3.63, 3.8) is 0 Å². The number of pyridine rings is 1. The molecule has 1 aliphatic carbocycles. The Hall–Kier alpha value is -1.26. The van der Waals surface area contributed by atoms with Gasteiger partial charge in [-0.2, -0.15) is 0 Å². The highest BCUT2D eigenvalue weighted by molar-refractivity contribution is 7.15. The van der Waals surface area contributed by atoms with Gasteiger partial charge in [-0.1, -0.05) is 6.07 Å². The molecule has 17 heavy (non-hydrogen) atoms. The molecule has 1 atom stereocenters. The van der Waals surface area contributed by atoms with Crippen molar-refractivity contribution in [2.75, 3.05) is 0 Å². The lowest BCUT2D eigenvalue weighted by Gasteiger charge is -2.02. The molecule has 0 aromatic carbocycles. The molecule has 2 aromatic rings. The topological polar surface area (TPSA) is 51.8 Å². The van der Waals surface area contributed by atoms with Gasteiger partial charge in [0.25, 0.3) is 0 Å². The summed E-state index contributed by atoms with van der Waals surface area (Å²) in [7, 11) is 0. The van der Waals surface area contributed by atoms with Crippen molar-refractivity contribution in [2.24, 2.45) is 5.73 Å². The molecule has 0 radical (unpaired) electrons. The molecule has 0 bridgehead atoms. The fourth-order valence-electron chi connectivity index (χ4n) is 1.92. The van der Waals surface area contributed by atoms with E-state index in [1.165, 1.54) is 23.4 Å². The maximum Gasteiger partial charge on any atom is 0.142 e. The highest BCUT2D eigenvalue weighted by Crippen LogP contribution is 2.45. The Morgan fingerprint density at radius 2 is 2.24 bits per heavy atom. The minimum absolute atomic E-state index is 0.0700. The maximum absolute atomic E-state index is 6.02. The molecular weight excluding hydrogens is 230 g/mol. The third-order valence-corrected chi connectivity index (χ3v) is 4.24. The van der Waals surface area contributed by atoms with Gasteiger partial charge in [-0.15, -0.1) is 11.3 Å². The van der Waals surface area contributed by atoms with Crippen LogP contribution in [0.5, 0.6) is 0 Å². The molecule has 1 unspecified atom stereocenters. The number of nitrogens with zero attached hydrogens (tertiary/aromatic N) is 2. The third kappa shape index (κ3) is 2.10. The van der Waals surface area contributed by atoms with Crippen LogP contribution in [-0.2, 0) is 0 Å². The highest BCUT2D eigenvalue weighted by Gasteiger charge is 2.30. The maximum atomic E-state index is 6.02. The summed E-state index contributed by atoms with van der Waals surface area (Å²) < 4.78 is 0. The summed E-state index contributed by atoms with van der Waals surface area (Å²) in [5, 5.41) is 1.000. The van der Waals surface area contributed by atoms with Gasteiger partial charge in [0.2, 0.25) is 0 Å². The van der Waals surface area contributed by atoms with Gasteiger partial charge in [-0.05, 0) is 31.9 Å². The minimum atomic E-state index is 0.0700. The molecule has 1 aliphatic rings. The monoisotopic (exact) mass is 245 g/mol. The number of rotatable bonds is 3. The van der Waals surface area contributed by atoms with E-state index in [0.717, 1.165) is 10.7 Å². The zero-order chi connectivity index (χ0) is 11.8. The number of hydrogen-bond acceptors (Lipinski definition) is 4. The van der Waals surface area contributed by atoms with Gasteiger partial charge in [0.15, 0.2) is 0 Å². The molecule has 2 heterocycles. The predicted molar refractivity (Wildman–Crippen MR) is 69.9 cm³/mol. The molecule has 3 nitrogen and oxygen atoms in total. The summed E-state index contributed by atoms with van der Waals surface area (Å²) in [5.41, 5.74) is 8.19. The van der Waals surface area contributed by atoms with E-state index < -0.39 is 0 Å². The lowest BCUT2D eigenvalue weighted by Crippen LogP contribution is -2.05. The lowest BCUT2D eigenvalue weighted by atomic mass is 10.2. The van der Waals surface area contributed by atoms with Crippen molar-refractivity contribution < 1.29 is 0 Å². The van der Waals surface area contributed by atoms with Crippen molar-refractivity contribution >= 4 is 11.3 Å². The highest BCUT2D eigenvalue weighted by atomic mass is 32.1. The van der Waals surface area contributed by atoms with E-state index in [0.29, 0.717) is 5.92 Å². The van der Waals surface area contributed by atoms with E-state index in [-0.39, 0.29) is 6.04 Å². The summed E-state index contributed by atoms with van der Waals surface area (Å²) in [6.07, 6.45) is 4.31. The van der Waals surface area contributed by atoms with Gasteiger partial charge in [-0.3, -0.25) is 4.98 Å². The van der Waals surface area contributed by atoms with Crippen molar-refractivity contribution in [1.82, 2.24) is 9.97 Å². The first kappa shape index (κ1) is 10.9. The van der Waals surface area contributed by atoms with Crippen molar-refractivity contribution in [3.8, 4) is 10.7 Å². The second-order valence-electron chi connectivity index (χ2n) is 4.55. The molecule has 0 aliphatic heterocycles. The summed E-state index contributed by atoms with van der Waals surface area (Å²) in [6, 6.07) is 5.98. The van der Waals surface area contributed by atoms with Gasteiger partial charge in [-0.25, -0.2) is 4.98 Å². The second kappa shape index (κ2) is 4.20. The van der Waals surface area contributed by atoms with E-state index in [9.17, 15) is 0 Å². The molecule has 4 heteroatoms. The first-order chi connectivity index (χ1) is 8.25. The largest absolute Gasteiger partial charge is 0.323 e. The standard InChI is InChI=1S/C13H15N3S/c1-8(14)12-11(9-5-6-9)16-13(17-12)10-4-2-3-7-15-10/h2-4,7-9H,5-6,14H2,1H3.